The molecule has 1 heteroatoms. The smallest absolute Gasteiger partial charge is 0.0543 e. The van der Waals surface area contributed by atoms with E-state index in [1.165, 1.54) is 119 Å². The van der Waals surface area contributed by atoms with Crippen LogP contribution >= 0.6 is 0 Å². The van der Waals surface area contributed by atoms with Crippen LogP contribution < -0.4 is 4.90 Å². The van der Waals surface area contributed by atoms with Gasteiger partial charge in [-0.25, -0.2) is 0 Å². The van der Waals surface area contributed by atoms with Crippen molar-refractivity contribution in [3.05, 3.63) is 186 Å². The topological polar surface area (TPSA) is 3.24 Å². The zero-order valence-corrected chi connectivity index (χ0v) is 34.4. The van der Waals surface area contributed by atoms with E-state index in [0.717, 1.165) is 35.5 Å². The first-order valence-electron chi connectivity index (χ1n) is 23.2. The van der Waals surface area contributed by atoms with Gasteiger partial charge in [-0.05, 0) is 178 Å². The molecule has 6 bridgehead atoms. The van der Waals surface area contributed by atoms with E-state index < -0.39 is 0 Å². The largest absolute Gasteiger partial charge is 0.310 e. The van der Waals surface area contributed by atoms with Crippen molar-refractivity contribution < 1.29 is 0 Å². The van der Waals surface area contributed by atoms with Crippen LogP contribution in [0, 0.1) is 35.5 Å². The molecule has 6 saturated carbocycles. The first kappa shape index (κ1) is 34.1. The van der Waals surface area contributed by atoms with Crippen molar-refractivity contribution in [2.75, 3.05) is 4.90 Å². The normalized spacial score (nSPS) is 29.2. The number of nitrogens with zero attached hydrogens (tertiary/aromatic N) is 1. The fourth-order valence-corrected chi connectivity index (χ4v) is 15.6. The van der Waals surface area contributed by atoms with Crippen LogP contribution in [-0.2, 0) is 10.8 Å². The highest BCUT2D eigenvalue weighted by Crippen LogP contribution is 2.71. The molecule has 15 rings (SSSR count). The minimum Gasteiger partial charge on any atom is -0.310 e. The van der Waals surface area contributed by atoms with E-state index >= 15 is 0 Å². The molecule has 8 aliphatic rings. The van der Waals surface area contributed by atoms with Gasteiger partial charge in [0.2, 0.25) is 0 Å². The predicted octanol–water partition coefficient (Wildman–Crippen LogP) is 15.3. The van der Waals surface area contributed by atoms with E-state index in [0.29, 0.717) is 0 Å². The van der Waals surface area contributed by atoms with Gasteiger partial charge in [-0.2, -0.15) is 0 Å². The van der Waals surface area contributed by atoms with Gasteiger partial charge in [0.05, 0.1) is 5.69 Å². The van der Waals surface area contributed by atoms with Crippen molar-refractivity contribution in [3.8, 4) is 44.5 Å². The van der Waals surface area contributed by atoms with Crippen molar-refractivity contribution in [1.82, 2.24) is 0 Å². The second-order valence-corrected chi connectivity index (χ2v) is 20.1. The fraction of sp³-hybridized carbons (Fsp3) is 0.288. The Balaban J connectivity index is 0.948. The van der Waals surface area contributed by atoms with Crippen LogP contribution in [0.15, 0.2) is 164 Å². The molecular weight excluding hydrogens is 723 g/mol. The number of hydrogen-bond donors (Lipinski definition) is 0. The molecule has 292 valence electrons. The monoisotopic (exact) mass is 773 g/mol. The molecule has 3 atom stereocenters. The van der Waals surface area contributed by atoms with Crippen LogP contribution in [0.25, 0.3) is 44.5 Å². The lowest BCUT2D eigenvalue weighted by Gasteiger charge is -2.61. The first-order chi connectivity index (χ1) is 29.7. The highest BCUT2D eigenvalue weighted by Gasteiger charge is 2.62. The molecule has 60 heavy (non-hydrogen) atoms. The molecule has 0 aliphatic heterocycles. The van der Waals surface area contributed by atoms with E-state index in [-0.39, 0.29) is 10.8 Å². The molecule has 0 heterocycles. The fourth-order valence-electron chi connectivity index (χ4n) is 15.6. The van der Waals surface area contributed by atoms with E-state index in [2.05, 4.69) is 169 Å². The van der Waals surface area contributed by atoms with E-state index in [9.17, 15) is 0 Å². The Bertz CT molecular complexity index is 2820. The number of rotatable bonds is 5. The molecule has 0 amide bonds. The van der Waals surface area contributed by atoms with Crippen LogP contribution in [0.1, 0.15) is 80.0 Å². The van der Waals surface area contributed by atoms with Gasteiger partial charge in [0, 0.05) is 27.8 Å². The maximum absolute atomic E-state index is 2.64. The second kappa shape index (κ2) is 12.4. The average molecular weight is 774 g/mol. The molecule has 0 aromatic heterocycles. The first-order valence-corrected chi connectivity index (χ1v) is 23.2. The zero-order valence-electron chi connectivity index (χ0n) is 34.4. The summed E-state index contributed by atoms with van der Waals surface area (Å²) in [5, 5.41) is 0. The molecule has 8 aliphatic carbocycles. The summed E-state index contributed by atoms with van der Waals surface area (Å²) in [6, 6.07) is 63.4. The quantitative estimate of drug-likeness (QED) is 0.168. The Kier molecular flexibility index (Phi) is 7.07. The summed E-state index contributed by atoms with van der Waals surface area (Å²) >= 11 is 0. The Morgan fingerprint density at radius 3 is 1.63 bits per heavy atom. The molecule has 0 radical (unpaired) electrons. The van der Waals surface area contributed by atoms with Crippen LogP contribution in [-0.4, -0.2) is 0 Å². The van der Waals surface area contributed by atoms with Gasteiger partial charge < -0.3 is 4.90 Å². The predicted molar refractivity (Wildman–Crippen MR) is 247 cm³/mol. The maximum atomic E-state index is 2.64. The number of anilines is 3. The summed E-state index contributed by atoms with van der Waals surface area (Å²) in [6.07, 6.45) is 12.6. The third-order valence-corrected chi connectivity index (χ3v) is 17.5. The van der Waals surface area contributed by atoms with Gasteiger partial charge in [0.15, 0.2) is 0 Å². The lowest BCUT2D eigenvalue weighted by atomic mass is 9.43. The summed E-state index contributed by atoms with van der Waals surface area (Å²) in [7, 11) is 0. The molecule has 0 N–H and O–H groups in total. The second-order valence-electron chi connectivity index (χ2n) is 20.1. The van der Waals surface area contributed by atoms with E-state index in [1.807, 2.05) is 0 Å². The summed E-state index contributed by atoms with van der Waals surface area (Å²) < 4.78 is 0. The van der Waals surface area contributed by atoms with E-state index in [4.69, 9.17) is 0 Å². The van der Waals surface area contributed by atoms with Gasteiger partial charge in [0.25, 0.3) is 0 Å². The number of benzene rings is 7. The third kappa shape index (κ3) is 4.49. The van der Waals surface area contributed by atoms with Crippen LogP contribution in [0.5, 0.6) is 0 Å². The number of fused-ring (bicyclic) bond motifs is 11. The van der Waals surface area contributed by atoms with Crippen LogP contribution in [0.2, 0.25) is 0 Å². The van der Waals surface area contributed by atoms with Gasteiger partial charge in [-0.1, -0.05) is 140 Å². The van der Waals surface area contributed by atoms with Gasteiger partial charge in [0.1, 0.15) is 0 Å². The summed E-state index contributed by atoms with van der Waals surface area (Å²) in [5.41, 5.74) is 21.4. The molecule has 7 aromatic carbocycles. The van der Waals surface area contributed by atoms with Gasteiger partial charge in [-0.15, -0.1) is 0 Å². The molecule has 1 nitrogen and oxygen atoms in total. The van der Waals surface area contributed by atoms with Crippen molar-refractivity contribution >= 4 is 17.1 Å². The molecule has 2 spiro atoms. The van der Waals surface area contributed by atoms with Gasteiger partial charge in [-0.3, -0.25) is 0 Å². The minimum absolute atomic E-state index is 0.127. The van der Waals surface area contributed by atoms with Crippen LogP contribution in [0.3, 0.4) is 0 Å². The lowest BCUT2D eigenvalue weighted by molar-refractivity contribution is -0.0399. The zero-order chi connectivity index (χ0) is 39.2. The van der Waals surface area contributed by atoms with Crippen molar-refractivity contribution in [2.24, 2.45) is 35.5 Å². The Morgan fingerprint density at radius 2 is 0.950 bits per heavy atom. The Hall–Kier alpha value is -5.66. The average Bonchev–Trinajstić information content (AvgIpc) is 4.06. The summed E-state index contributed by atoms with van der Waals surface area (Å²) in [6.45, 7) is 0. The van der Waals surface area contributed by atoms with E-state index in [1.54, 1.807) is 22.3 Å². The molecule has 0 saturated heterocycles. The molecule has 3 unspecified atom stereocenters. The Morgan fingerprint density at radius 1 is 0.383 bits per heavy atom. The van der Waals surface area contributed by atoms with Gasteiger partial charge >= 0.3 is 0 Å². The molecule has 6 fully saturated rings. The highest BCUT2D eigenvalue weighted by molar-refractivity contribution is 5.97. The van der Waals surface area contributed by atoms with Crippen molar-refractivity contribution in [1.29, 1.82) is 0 Å². The SMILES string of the molecule is c1ccc(-c2ccc(-c3ccc(N(c4ccc5c(c4)-c4ccccc4C54CC5CCC4C5)c4cccc5c4-c4ccccc4C54C5CC6CC(C5)CC4C6)cc3)cc2)cc1. The Labute approximate surface area is 355 Å². The lowest BCUT2D eigenvalue weighted by Crippen LogP contribution is -2.55. The highest BCUT2D eigenvalue weighted by atomic mass is 15.1. The molecular formula is C59H51N. The third-order valence-electron chi connectivity index (χ3n) is 17.5. The number of hydrogen-bond acceptors (Lipinski definition) is 1. The van der Waals surface area contributed by atoms with Crippen molar-refractivity contribution in [3.63, 3.8) is 0 Å². The summed E-state index contributed by atoms with van der Waals surface area (Å²) in [5.74, 6) is 4.95. The van der Waals surface area contributed by atoms with Crippen LogP contribution in [0.4, 0.5) is 17.1 Å². The molecule has 7 aromatic rings. The summed E-state index contributed by atoms with van der Waals surface area (Å²) in [4.78, 5) is 2.64. The maximum Gasteiger partial charge on any atom is 0.0543 e. The van der Waals surface area contributed by atoms with Crippen molar-refractivity contribution in [2.45, 2.75) is 68.6 Å². The standard InChI is InChI=1S/C59H51N/c1-2-9-40(10-3-1)41-18-20-42(21-19-41)43-22-25-47(26-23-43)60(48-27-28-53-51(35-48)49-11-4-6-13-52(49)58(53)36-37-17-24-44(58)30-37)56-16-8-15-55-57(56)50-12-5-7-14-54(50)59(55)45-31-38-29-39(33-45)34-46(59)32-38/h1-16,18-23,25-28,35,37-39,44-46H,17,24,29-34,36H2. The minimum atomic E-state index is 0.127.